The van der Waals surface area contributed by atoms with E-state index in [1.165, 1.54) is 5.56 Å². The Hall–Kier alpha value is -2.84. The van der Waals surface area contributed by atoms with E-state index in [4.69, 9.17) is 21.3 Å². The highest BCUT2D eigenvalue weighted by atomic mass is 35.5. The fraction of sp³-hybridized carbons (Fsp3) is 0.0870. The number of nitrogens with zero attached hydrogens (tertiary/aromatic N) is 1. The van der Waals surface area contributed by atoms with Crippen LogP contribution in [0.5, 0.6) is 5.75 Å². The van der Waals surface area contributed by atoms with Crippen molar-refractivity contribution in [2.75, 3.05) is 0 Å². The molecule has 26 heavy (non-hydrogen) atoms. The maximum absolute atomic E-state index is 6.15. The molecule has 4 aromatic rings. The van der Waals surface area contributed by atoms with Gasteiger partial charge in [-0.05, 0) is 43.3 Å². The lowest BCUT2D eigenvalue weighted by Crippen LogP contribution is -1.99. The van der Waals surface area contributed by atoms with Gasteiger partial charge in [0.05, 0.1) is 11.2 Å². The van der Waals surface area contributed by atoms with Crippen LogP contribution in [0.15, 0.2) is 78.9 Å². The summed E-state index contributed by atoms with van der Waals surface area (Å²) in [5.41, 5.74) is 5.17. The standard InChI is InChI=1S/C23H18ClNO/c1-16-9-11-20(12-10-16)26-15-18-14-23(17-5-4-6-19(24)13-17)25-22-8-3-2-7-21(18)22/h2-14H,15H2,1H3. The molecule has 128 valence electrons. The van der Waals surface area contributed by atoms with Gasteiger partial charge >= 0.3 is 0 Å². The van der Waals surface area contributed by atoms with Crippen molar-refractivity contribution in [3.05, 3.63) is 95.0 Å². The van der Waals surface area contributed by atoms with E-state index in [2.05, 4.69) is 31.2 Å². The molecule has 1 aromatic heterocycles. The van der Waals surface area contributed by atoms with Crippen molar-refractivity contribution in [2.45, 2.75) is 13.5 Å². The van der Waals surface area contributed by atoms with Crippen LogP contribution >= 0.6 is 11.6 Å². The van der Waals surface area contributed by atoms with Gasteiger partial charge in [0.15, 0.2) is 0 Å². The van der Waals surface area contributed by atoms with Gasteiger partial charge in [0.1, 0.15) is 12.4 Å². The normalized spacial score (nSPS) is 10.8. The summed E-state index contributed by atoms with van der Waals surface area (Å²) in [5.74, 6) is 0.862. The molecule has 3 heteroatoms. The fourth-order valence-electron chi connectivity index (χ4n) is 2.96. The van der Waals surface area contributed by atoms with Crippen molar-refractivity contribution < 1.29 is 4.74 Å². The number of rotatable bonds is 4. The number of benzene rings is 3. The molecule has 0 aliphatic rings. The maximum Gasteiger partial charge on any atom is 0.119 e. The predicted molar refractivity (Wildman–Crippen MR) is 108 cm³/mol. The Morgan fingerprint density at radius 3 is 2.50 bits per heavy atom. The molecule has 0 radical (unpaired) electrons. The molecular weight excluding hydrogens is 342 g/mol. The first-order valence-electron chi connectivity index (χ1n) is 8.53. The Kier molecular flexibility index (Phi) is 4.59. The van der Waals surface area contributed by atoms with Crippen LogP contribution in [0.3, 0.4) is 0 Å². The topological polar surface area (TPSA) is 22.1 Å². The molecule has 0 aliphatic carbocycles. The number of pyridine rings is 1. The quantitative estimate of drug-likeness (QED) is 0.418. The third kappa shape index (κ3) is 3.56. The second-order valence-electron chi connectivity index (χ2n) is 6.30. The van der Waals surface area contributed by atoms with E-state index >= 15 is 0 Å². The van der Waals surface area contributed by atoms with Gasteiger partial charge in [0.25, 0.3) is 0 Å². The minimum absolute atomic E-state index is 0.486. The Bertz CT molecular complexity index is 1060. The first kappa shape index (κ1) is 16.6. The molecule has 0 saturated heterocycles. The monoisotopic (exact) mass is 359 g/mol. The number of aryl methyl sites for hydroxylation is 1. The average molecular weight is 360 g/mol. The van der Waals surface area contributed by atoms with E-state index in [0.29, 0.717) is 11.6 Å². The molecule has 0 unspecified atom stereocenters. The van der Waals surface area contributed by atoms with Crippen LogP contribution in [-0.4, -0.2) is 4.98 Å². The van der Waals surface area contributed by atoms with E-state index in [0.717, 1.165) is 33.5 Å². The Morgan fingerprint density at radius 1 is 0.885 bits per heavy atom. The van der Waals surface area contributed by atoms with E-state index in [1.807, 2.05) is 54.6 Å². The van der Waals surface area contributed by atoms with Gasteiger partial charge in [-0.1, -0.05) is 59.6 Å². The zero-order valence-electron chi connectivity index (χ0n) is 14.4. The van der Waals surface area contributed by atoms with Gasteiger partial charge in [0, 0.05) is 21.5 Å². The minimum atomic E-state index is 0.486. The highest BCUT2D eigenvalue weighted by molar-refractivity contribution is 6.30. The number of fused-ring (bicyclic) bond motifs is 1. The molecule has 0 aliphatic heterocycles. The molecule has 0 saturated carbocycles. The minimum Gasteiger partial charge on any atom is -0.489 e. The molecule has 0 spiro atoms. The van der Waals surface area contributed by atoms with Crippen molar-refractivity contribution in [3.8, 4) is 17.0 Å². The Morgan fingerprint density at radius 2 is 1.69 bits per heavy atom. The lowest BCUT2D eigenvalue weighted by Gasteiger charge is -2.12. The molecule has 4 rings (SSSR count). The van der Waals surface area contributed by atoms with E-state index in [9.17, 15) is 0 Å². The number of ether oxygens (including phenoxy) is 1. The second-order valence-corrected chi connectivity index (χ2v) is 6.73. The van der Waals surface area contributed by atoms with E-state index in [-0.39, 0.29) is 0 Å². The number of aromatic nitrogens is 1. The van der Waals surface area contributed by atoms with Crippen LogP contribution in [0, 0.1) is 6.92 Å². The zero-order chi connectivity index (χ0) is 17.9. The van der Waals surface area contributed by atoms with Gasteiger partial charge in [0.2, 0.25) is 0 Å². The van der Waals surface area contributed by atoms with Crippen molar-refractivity contribution >= 4 is 22.5 Å². The van der Waals surface area contributed by atoms with Crippen LogP contribution in [0.1, 0.15) is 11.1 Å². The molecule has 0 N–H and O–H groups in total. The SMILES string of the molecule is Cc1ccc(OCc2cc(-c3cccc(Cl)c3)nc3ccccc23)cc1. The van der Waals surface area contributed by atoms with Crippen molar-refractivity contribution in [1.29, 1.82) is 0 Å². The van der Waals surface area contributed by atoms with Crippen molar-refractivity contribution in [1.82, 2.24) is 4.98 Å². The summed E-state index contributed by atoms with van der Waals surface area (Å²) < 4.78 is 6.02. The third-order valence-electron chi connectivity index (χ3n) is 4.34. The molecule has 0 bridgehead atoms. The molecule has 0 atom stereocenters. The first-order valence-corrected chi connectivity index (χ1v) is 8.91. The van der Waals surface area contributed by atoms with Gasteiger partial charge in [-0.15, -0.1) is 0 Å². The summed E-state index contributed by atoms with van der Waals surface area (Å²) in [7, 11) is 0. The van der Waals surface area contributed by atoms with Gasteiger partial charge in [-0.3, -0.25) is 0 Å². The lowest BCUT2D eigenvalue weighted by atomic mass is 10.0. The second kappa shape index (κ2) is 7.19. The summed E-state index contributed by atoms with van der Waals surface area (Å²) in [4.78, 5) is 4.80. The number of hydrogen-bond donors (Lipinski definition) is 0. The summed E-state index contributed by atoms with van der Waals surface area (Å²) in [6.07, 6.45) is 0. The van der Waals surface area contributed by atoms with Crippen LogP contribution in [0.2, 0.25) is 5.02 Å². The van der Waals surface area contributed by atoms with Crippen LogP contribution in [-0.2, 0) is 6.61 Å². The smallest absolute Gasteiger partial charge is 0.119 e. The largest absolute Gasteiger partial charge is 0.489 e. The number of halogens is 1. The van der Waals surface area contributed by atoms with E-state index < -0.39 is 0 Å². The zero-order valence-corrected chi connectivity index (χ0v) is 15.2. The highest BCUT2D eigenvalue weighted by Crippen LogP contribution is 2.27. The highest BCUT2D eigenvalue weighted by Gasteiger charge is 2.09. The molecule has 2 nitrogen and oxygen atoms in total. The molecule has 0 amide bonds. The predicted octanol–water partition coefficient (Wildman–Crippen LogP) is 6.44. The Balaban J connectivity index is 1.73. The number of hydrogen-bond acceptors (Lipinski definition) is 2. The summed E-state index contributed by atoms with van der Waals surface area (Å²) in [5, 5.41) is 1.81. The lowest BCUT2D eigenvalue weighted by molar-refractivity contribution is 0.307. The van der Waals surface area contributed by atoms with Gasteiger partial charge < -0.3 is 4.74 Å². The van der Waals surface area contributed by atoms with Crippen LogP contribution in [0.25, 0.3) is 22.2 Å². The van der Waals surface area contributed by atoms with Crippen molar-refractivity contribution in [2.24, 2.45) is 0 Å². The molecular formula is C23H18ClNO. The van der Waals surface area contributed by atoms with E-state index in [1.54, 1.807) is 0 Å². The molecule has 3 aromatic carbocycles. The average Bonchev–Trinajstić information content (AvgIpc) is 2.67. The third-order valence-corrected chi connectivity index (χ3v) is 4.57. The summed E-state index contributed by atoms with van der Waals surface area (Å²) >= 11 is 6.15. The first-order chi connectivity index (χ1) is 12.7. The number of para-hydroxylation sites is 1. The fourth-order valence-corrected chi connectivity index (χ4v) is 3.15. The summed E-state index contributed by atoms with van der Waals surface area (Å²) in [6.45, 7) is 2.55. The van der Waals surface area contributed by atoms with Crippen molar-refractivity contribution in [3.63, 3.8) is 0 Å². The summed E-state index contributed by atoms with van der Waals surface area (Å²) in [6, 6.07) is 26.1. The Labute approximate surface area is 158 Å². The maximum atomic E-state index is 6.15. The van der Waals surface area contributed by atoms with Gasteiger partial charge in [-0.25, -0.2) is 4.98 Å². The van der Waals surface area contributed by atoms with Gasteiger partial charge in [-0.2, -0.15) is 0 Å². The van der Waals surface area contributed by atoms with Crippen LogP contribution < -0.4 is 4.74 Å². The molecule has 1 heterocycles. The van der Waals surface area contributed by atoms with Crippen LogP contribution in [0.4, 0.5) is 0 Å². The molecule has 0 fully saturated rings.